The van der Waals surface area contributed by atoms with E-state index in [4.69, 9.17) is 9.84 Å². The number of nitrogens with zero attached hydrogens (tertiary/aromatic N) is 1. The molecule has 90 valence electrons. The molecule has 0 aromatic heterocycles. The third-order valence-electron chi connectivity index (χ3n) is 3.06. The van der Waals surface area contributed by atoms with Gasteiger partial charge in [-0.1, -0.05) is 0 Å². The molecular formula is C11H17NO4. The Balaban J connectivity index is 1.95. The fraction of sp³-hybridized carbons (Fsp3) is 0.727. The van der Waals surface area contributed by atoms with Crippen molar-refractivity contribution in [3.8, 4) is 0 Å². The molecule has 2 aliphatic heterocycles. The van der Waals surface area contributed by atoms with Crippen molar-refractivity contribution in [2.75, 3.05) is 6.61 Å². The lowest BCUT2D eigenvalue weighted by Crippen LogP contribution is -2.33. The van der Waals surface area contributed by atoms with Crippen molar-refractivity contribution in [3.63, 3.8) is 0 Å². The van der Waals surface area contributed by atoms with Crippen LogP contribution in [0.5, 0.6) is 0 Å². The average Bonchev–Trinajstić information content (AvgIpc) is 2.58. The summed E-state index contributed by atoms with van der Waals surface area (Å²) in [7, 11) is 0. The minimum Gasteiger partial charge on any atom is -0.394 e. The molecular weight excluding hydrogens is 210 g/mol. The molecule has 3 N–H and O–H groups in total. The monoisotopic (exact) mass is 227 g/mol. The Morgan fingerprint density at radius 1 is 1.31 bits per heavy atom. The Labute approximate surface area is 94.1 Å². The quantitative estimate of drug-likeness (QED) is 0.613. The molecule has 2 aliphatic rings. The SMILES string of the molecule is OC[C@H]1OC(CC2=CN=CCC2)[C@H](O)[C@@H]1O. The van der Waals surface area contributed by atoms with E-state index >= 15 is 0 Å². The summed E-state index contributed by atoms with van der Waals surface area (Å²) in [5.74, 6) is 0. The third kappa shape index (κ3) is 2.32. The van der Waals surface area contributed by atoms with Gasteiger partial charge in [-0.25, -0.2) is 0 Å². The van der Waals surface area contributed by atoms with Crippen LogP contribution in [0.15, 0.2) is 16.8 Å². The molecule has 2 heterocycles. The van der Waals surface area contributed by atoms with E-state index in [1.807, 2.05) is 6.21 Å². The Hall–Kier alpha value is -0.750. The van der Waals surface area contributed by atoms with Gasteiger partial charge in [0, 0.05) is 12.4 Å². The van der Waals surface area contributed by atoms with Gasteiger partial charge in [0.25, 0.3) is 0 Å². The number of aliphatic imine (C=N–C) groups is 1. The maximum Gasteiger partial charge on any atom is 0.111 e. The summed E-state index contributed by atoms with van der Waals surface area (Å²) in [6.45, 7) is -0.272. The number of aliphatic hydroxyl groups is 3. The van der Waals surface area contributed by atoms with Gasteiger partial charge in [0.05, 0.1) is 12.7 Å². The molecule has 0 radical (unpaired) electrons. The maximum absolute atomic E-state index is 9.74. The van der Waals surface area contributed by atoms with Crippen LogP contribution in [0.1, 0.15) is 19.3 Å². The molecule has 16 heavy (non-hydrogen) atoms. The molecule has 5 heteroatoms. The van der Waals surface area contributed by atoms with Gasteiger partial charge in [-0.15, -0.1) is 0 Å². The number of aliphatic hydroxyl groups excluding tert-OH is 3. The molecule has 0 aromatic rings. The van der Waals surface area contributed by atoms with Crippen LogP contribution >= 0.6 is 0 Å². The van der Waals surface area contributed by atoms with Gasteiger partial charge in [0.15, 0.2) is 0 Å². The van der Waals surface area contributed by atoms with Gasteiger partial charge in [0.1, 0.15) is 18.3 Å². The lowest BCUT2D eigenvalue weighted by Gasteiger charge is -2.17. The number of ether oxygens (including phenoxy) is 1. The largest absolute Gasteiger partial charge is 0.394 e. The highest BCUT2D eigenvalue weighted by Gasteiger charge is 2.42. The smallest absolute Gasteiger partial charge is 0.111 e. The second kappa shape index (κ2) is 5.05. The fourth-order valence-corrected chi connectivity index (χ4v) is 2.11. The van der Waals surface area contributed by atoms with Gasteiger partial charge in [-0.2, -0.15) is 0 Å². The molecule has 1 unspecified atom stereocenters. The van der Waals surface area contributed by atoms with Crippen molar-refractivity contribution < 1.29 is 20.1 Å². The van der Waals surface area contributed by atoms with Crippen molar-refractivity contribution in [1.29, 1.82) is 0 Å². The van der Waals surface area contributed by atoms with Crippen molar-refractivity contribution in [2.45, 2.75) is 43.7 Å². The van der Waals surface area contributed by atoms with Crippen molar-refractivity contribution in [2.24, 2.45) is 4.99 Å². The third-order valence-corrected chi connectivity index (χ3v) is 3.06. The average molecular weight is 227 g/mol. The van der Waals surface area contributed by atoms with Crippen LogP contribution in [0, 0.1) is 0 Å². The predicted molar refractivity (Wildman–Crippen MR) is 58.2 cm³/mol. The summed E-state index contributed by atoms with van der Waals surface area (Å²) in [6.07, 6.45) is 2.97. The Morgan fingerprint density at radius 2 is 2.06 bits per heavy atom. The van der Waals surface area contributed by atoms with Crippen LogP contribution in [0.25, 0.3) is 0 Å². The normalized spacial score (nSPS) is 38.8. The topological polar surface area (TPSA) is 82.3 Å². The van der Waals surface area contributed by atoms with Gasteiger partial charge < -0.3 is 20.1 Å². The minimum atomic E-state index is -0.998. The zero-order valence-electron chi connectivity index (χ0n) is 8.99. The molecule has 0 aromatic carbocycles. The van der Waals surface area contributed by atoms with Gasteiger partial charge in [-0.3, -0.25) is 4.99 Å². The van der Waals surface area contributed by atoms with E-state index in [1.165, 1.54) is 0 Å². The van der Waals surface area contributed by atoms with Crippen molar-refractivity contribution in [1.82, 2.24) is 0 Å². The molecule has 5 nitrogen and oxygen atoms in total. The number of rotatable bonds is 3. The van der Waals surface area contributed by atoms with E-state index in [2.05, 4.69) is 4.99 Å². The summed E-state index contributed by atoms with van der Waals surface area (Å²) >= 11 is 0. The molecule has 0 saturated carbocycles. The van der Waals surface area contributed by atoms with E-state index in [0.29, 0.717) is 6.42 Å². The van der Waals surface area contributed by atoms with Crippen molar-refractivity contribution in [3.05, 3.63) is 11.8 Å². The molecule has 4 atom stereocenters. The van der Waals surface area contributed by atoms with Crippen LogP contribution in [-0.2, 0) is 4.74 Å². The second-order valence-electron chi connectivity index (χ2n) is 4.24. The molecule has 1 saturated heterocycles. The maximum atomic E-state index is 9.74. The van der Waals surface area contributed by atoms with Crippen LogP contribution < -0.4 is 0 Å². The van der Waals surface area contributed by atoms with Crippen molar-refractivity contribution >= 4 is 6.21 Å². The number of hydrogen-bond acceptors (Lipinski definition) is 5. The standard InChI is InChI=1S/C11H17NO4/c13-6-9-11(15)10(14)8(16-9)4-7-2-1-3-12-5-7/h3,5,8-11,13-15H,1-2,4,6H2/t8?,9-,10+,11-/m1/s1. The molecule has 0 spiro atoms. The summed E-state index contributed by atoms with van der Waals surface area (Å²) in [5.41, 5.74) is 1.11. The highest BCUT2D eigenvalue weighted by atomic mass is 16.6. The summed E-state index contributed by atoms with van der Waals surface area (Å²) in [6, 6.07) is 0. The number of hydrogen-bond donors (Lipinski definition) is 3. The van der Waals surface area contributed by atoms with E-state index < -0.39 is 24.4 Å². The first kappa shape index (κ1) is 11.7. The zero-order chi connectivity index (χ0) is 11.5. The van der Waals surface area contributed by atoms with E-state index in [1.54, 1.807) is 6.20 Å². The highest BCUT2D eigenvalue weighted by Crippen LogP contribution is 2.27. The van der Waals surface area contributed by atoms with E-state index in [-0.39, 0.29) is 6.61 Å². The van der Waals surface area contributed by atoms with Gasteiger partial charge in [0.2, 0.25) is 0 Å². The molecule has 1 fully saturated rings. The summed E-state index contributed by atoms with van der Waals surface area (Å²) < 4.78 is 5.40. The lowest BCUT2D eigenvalue weighted by atomic mass is 9.99. The zero-order valence-corrected chi connectivity index (χ0v) is 8.99. The summed E-state index contributed by atoms with van der Waals surface area (Å²) in [5, 5.41) is 28.3. The first-order chi connectivity index (χ1) is 7.72. The first-order valence-electron chi connectivity index (χ1n) is 5.54. The second-order valence-corrected chi connectivity index (χ2v) is 4.24. The lowest BCUT2D eigenvalue weighted by molar-refractivity contribution is -0.0217. The Morgan fingerprint density at radius 3 is 2.62 bits per heavy atom. The van der Waals surface area contributed by atoms with E-state index in [9.17, 15) is 10.2 Å². The highest BCUT2D eigenvalue weighted by molar-refractivity contribution is 5.60. The molecule has 0 amide bonds. The minimum absolute atomic E-state index is 0.272. The summed E-state index contributed by atoms with van der Waals surface area (Å²) in [4.78, 5) is 4.05. The van der Waals surface area contributed by atoms with Gasteiger partial charge in [-0.05, 0) is 24.8 Å². The Bertz CT molecular complexity index is 302. The fourth-order valence-electron chi connectivity index (χ4n) is 2.11. The van der Waals surface area contributed by atoms with Crippen LogP contribution in [0.4, 0.5) is 0 Å². The van der Waals surface area contributed by atoms with Crippen LogP contribution in [0.3, 0.4) is 0 Å². The van der Waals surface area contributed by atoms with Crippen LogP contribution in [0.2, 0.25) is 0 Å². The van der Waals surface area contributed by atoms with Gasteiger partial charge >= 0.3 is 0 Å². The van der Waals surface area contributed by atoms with Crippen LogP contribution in [-0.4, -0.2) is 52.6 Å². The van der Waals surface area contributed by atoms with E-state index in [0.717, 1.165) is 18.4 Å². The first-order valence-corrected chi connectivity index (χ1v) is 5.54. The molecule has 2 rings (SSSR count). The molecule has 0 aliphatic carbocycles. The molecule has 0 bridgehead atoms. The predicted octanol–water partition coefficient (Wildman–Crippen LogP) is -0.393. The Kier molecular flexibility index (Phi) is 3.70.